The third kappa shape index (κ3) is 5.88. The smallest absolute Gasteiger partial charge is 0.333 e. The van der Waals surface area contributed by atoms with Crippen LogP contribution in [0.1, 0.15) is 27.2 Å². The highest BCUT2D eigenvalue weighted by Crippen LogP contribution is 2.04. The van der Waals surface area contributed by atoms with E-state index in [1.54, 1.807) is 6.92 Å². The zero-order valence-electron chi connectivity index (χ0n) is 8.52. The molecule has 0 bridgehead atoms. The van der Waals surface area contributed by atoms with Gasteiger partial charge in [-0.1, -0.05) is 5.57 Å². The Morgan fingerprint density at radius 1 is 1.38 bits per heavy atom. The van der Waals surface area contributed by atoms with Crippen LogP contribution in [0.2, 0.25) is 6.04 Å². The number of hydrogen-bond acceptors (Lipinski definition) is 2. The van der Waals surface area contributed by atoms with Crippen LogP contribution in [0, 0.1) is 0 Å². The lowest BCUT2D eigenvalue weighted by Crippen LogP contribution is -2.08. The molecule has 0 rings (SSSR count). The van der Waals surface area contributed by atoms with Gasteiger partial charge in [0.25, 0.3) is 0 Å². The normalized spacial score (nSPS) is 10.5. The monoisotopic (exact) mass is 220 g/mol. The van der Waals surface area contributed by atoms with E-state index < -0.39 is 8.83 Å². The summed E-state index contributed by atoms with van der Waals surface area (Å²) in [4.78, 5) is 11.2. The number of ether oxygens (including phenoxy) is 1. The summed E-state index contributed by atoms with van der Waals surface area (Å²) >= 11 is 5.62. The summed E-state index contributed by atoms with van der Waals surface area (Å²) in [6.45, 7) is 6.10. The fourth-order valence-electron chi connectivity index (χ4n) is 0.674. The van der Waals surface area contributed by atoms with Crippen LogP contribution in [0.15, 0.2) is 11.1 Å². The van der Waals surface area contributed by atoms with Gasteiger partial charge in [-0.25, -0.2) is 4.79 Å². The van der Waals surface area contributed by atoms with E-state index in [1.165, 1.54) is 0 Å². The van der Waals surface area contributed by atoms with Gasteiger partial charge in [-0.15, -0.1) is 0 Å². The number of halogens is 1. The van der Waals surface area contributed by atoms with Crippen LogP contribution < -0.4 is 0 Å². The molecule has 0 spiro atoms. The quantitative estimate of drug-likeness (QED) is 0.233. The zero-order chi connectivity index (χ0) is 10.3. The summed E-state index contributed by atoms with van der Waals surface area (Å²) in [5.74, 6) is -0.198. The van der Waals surface area contributed by atoms with E-state index in [4.69, 9.17) is 15.8 Å². The average Bonchev–Trinajstić information content (AvgIpc) is 2.10. The fraction of sp³-hybridized carbons (Fsp3) is 0.667. The van der Waals surface area contributed by atoms with Crippen molar-refractivity contribution in [1.82, 2.24) is 0 Å². The molecule has 0 N–H and O–H groups in total. The van der Waals surface area contributed by atoms with Crippen LogP contribution >= 0.6 is 11.1 Å². The van der Waals surface area contributed by atoms with Crippen molar-refractivity contribution in [2.24, 2.45) is 0 Å². The highest BCUT2D eigenvalue weighted by atomic mass is 35.6. The van der Waals surface area contributed by atoms with Crippen molar-refractivity contribution >= 4 is 25.9 Å². The van der Waals surface area contributed by atoms with Gasteiger partial charge < -0.3 is 4.74 Å². The number of rotatable bonds is 5. The molecule has 0 aliphatic heterocycles. The third-order valence-electron chi connectivity index (χ3n) is 1.82. The second-order valence-electron chi connectivity index (χ2n) is 3.16. The summed E-state index contributed by atoms with van der Waals surface area (Å²) in [7, 11) is -0.397. The molecule has 76 valence electrons. The van der Waals surface area contributed by atoms with Crippen LogP contribution in [0.5, 0.6) is 0 Å². The molecule has 0 aliphatic rings. The highest BCUT2D eigenvalue weighted by molar-refractivity contribution is 6.93. The van der Waals surface area contributed by atoms with Crippen molar-refractivity contribution < 1.29 is 9.53 Å². The first kappa shape index (κ1) is 12.7. The Bertz CT molecular complexity index is 198. The molecule has 13 heavy (non-hydrogen) atoms. The van der Waals surface area contributed by atoms with Gasteiger partial charge in [0.2, 0.25) is 0 Å². The van der Waals surface area contributed by atoms with E-state index in [9.17, 15) is 4.79 Å². The van der Waals surface area contributed by atoms with Gasteiger partial charge in [-0.2, -0.15) is 11.1 Å². The van der Waals surface area contributed by atoms with Gasteiger partial charge in [0.05, 0.1) is 6.61 Å². The molecule has 0 aliphatic carbocycles. The SMILES string of the molecule is CC(C)=C(C)C(=O)OCCC[SiH2]Cl. The lowest BCUT2D eigenvalue weighted by atomic mass is 10.2. The Balaban J connectivity index is 3.70. The first-order valence-electron chi connectivity index (χ1n) is 4.46. The van der Waals surface area contributed by atoms with Crippen LogP contribution in [0.25, 0.3) is 0 Å². The molecule has 0 radical (unpaired) electrons. The topological polar surface area (TPSA) is 26.3 Å². The fourth-order valence-corrected chi connectivity index (χ4v) is 1.63. The summed E-state index contributed by atoms with van der Waals surface area (Å²) in [6, 6.07) is 1.03. The lowest BCUT2D eigenvalue weighted by molar-refractivity contribution is -0.139. The number of allylic oxidation sites excluding steroid dienone is 1. The van der Waals surface area contributed by atoms with Crippen molar-refractivity contribution in [2.75, 3.05) is 6.61 Å². The second kappa shape index (κ2) is 7.15. The van der Waals surface area contributed by atoms with Crippen LogP contribution in [-0.4, -0.2) is 21.4 Å². The molecule has 0 amide bonds. The van der Waals surface area contributed by atoms with E-state index >= 15 is 0 Å². The molecule has 0 saturated heterocycles. The molecule has 0 aromatic carbocycles. The molecular formula is C9H17ClO2Si. The van der Waals surface area contributed by atoms with Gasteiger partial charge in [0.1, 0.15) is 8.83 Å². The zero-order valence-corrected chi connectivity index (χ0v) is 10.7. The average molecular weight is 221 g/mol. The van der Waals surface area contributed by atoms with Crippen molar-refractivity contribution in [2.45, 2.75) is 33.2 Å². The molecule has 0 fully saturated rings. The summed E-state index contributed by atoms with van der Waals surface area (Å²) < 4.78 is 5.03. The first-order chi connectivity index (χ1) is 6.09. The molecule has 2 nitrogen and oxygen atoms in total. The van der Waals surface area contributed by atoms with Gasteiger partial charge in [-0.05, 0) is 33.2 Å². The largest absolute Gasteiger partial charge is 0.462 e. The highest BCUT2D eigenvalue weighted by Gasteiger charge is 2.05. The molecule has 0 unspecified atom stereocenters. The summed E-state index contributed by atoms with van der Waals surface area (Å²) in [5.41, 5.74) is 1.72. The van der Waals surface area contributed by atoms with Crippen LogP contribution in [0.3, 0.4) is 0 Å². The number of esters is 1. The Hall–Kier alpha value is -0.283. The van der Waals surface area contributed by atoms with Crippen molar-refractivity contribution in [3.8, 4) is 0 Å². The Labute approximate surface area is 86.8 Å². The van der Waals surface area contributed by atoms with E-state index in [-0.39, 0.29) is 5.97 Å². The Kier molecular flexibility index (Phi) is 7.00. The van der Waals surface area contributed by atoms with Crippen LogP contribution in [-0.2, 0) is 9.53 Å². The molecule has 0 aromatic rings. The lowest BCUT2D eigenvalue weighted by Gasteiger charge is -2.05. The maximum atomic E-state index is 11.2. The van der Waals surface area contributed by atoms with Crippen molar-refractivity contribution in [3.05, 3.63) is 11.1 Å². The van der Waals surface area contributed by atoms with Crippen LogP contribution in [0.4, 0.5) is 0 Å². The minimum atomic E-state index is -0.397. The minimum Gasteiger partial charge on any atom is -0.462 e. The van der Waals surface area contributed by atoms with E-state index in [0.717, 1.165) is 18.0 Å². The second-order valence-corrected chi connectivity index (χ2v) is 5.38. The Morgan fingerprint density at radius 2 is 2.00 bits per heavy atom. The molecule has 0 heterocycles. The van der Waals surface area contributed by atoms with E-state index in [1.807, 2.05) is 13.8 Å². The van der Waals surface area contributed by atoms with Gasteiger partial charge in [-0.3, -0.25) is 0 Å². The number of carbonyl (C=O) groups excluding carboxylic acids is 1. The van der Waals surface area contributed by atoms with Crippen molar-refractivity contribution in [3.63, 3.8) is 0 Å². The predicted octanol–water partition coefficient (Wildman–Crippen LogP) is 2.02. The number of carbonyl (C=O) groups is 1. The van der Waals surface area contributed by atoms with Crippen molar-refractivity contribution in [1.29, 1.82) is 0 Å². The maximum absolute atomic E-state index is 11.2. The maximum Gasteiger partial charge on any atom is 0.333 e. The summed E-state index contributed by atoms with van der Waals surface area (Å²) in [6.07, 6.45) is 0.900. The third-order valence-corrected chi connectivity index (χ3v) is 3.39. The molecular weight excluding hydrogens is 204 g/mol. The first-order valence-corrected chi connectivity index (χ1v) is 7.60. The molecule has 4 heteroatoms. The van der Waals surface area contributed by atoms with Gasteiger partial charge in [0.15, 0.2) is 0 Å². The van der Waals surface area contributed by atoms with E-state index in [2.05, 4.69) is 0 Å². The Morgan fingerprint density at radius 3 is 2.46 bits per heavy atom. The summed E-state index contributed by atoms with van der Waals surface area (Å²) in [5, 5.41) is 0. The van der Waals surface area contributed by atoms with E-state index in [0.29, 0.717) is 12.2 Å². The molecule has 0 aromatic heterocycles. The molecule has 0 atom stereocenters. The molecule has 0 saturated carbocycles. The number of hydrogen-bond donors (Lipinski definition) is 0. The standard InChI is InChI=1S/C9H17ClO2Si/c1-7(2)8(3)9(11)12-5-4-6-13-10/h4-6,13H2,1-3H3. The van der Waals surface area contributed by atoms with Gasteiger partial charge >= 0.3 is 5.97 Å². The minimum absolute atomic E-state index is 0.198. The predicted molar refractivity (Wildman–Crippen MR) is 58.8 cm³/mol. The van der Waals surface area contributed by atoms with Gasteiger partial charge in [0, 0.05) is 5.57 Å².